The van der Waals surface area contributed by atoms with Crippen molar-refractivity contribution in [1.29, 1.82) is 0 Å². The number of primary amides is 1. The van der Waals surface area contributed by atoms with Gasteiger partial charge in [0.1, 0.15) is 11.5 Å². The van der Waals surface area contributed by atoms with E-state index in [0.29, 0.717) is 11.6 Å². The average Bonchev–Trinajstić information content (AvgIpc) is 2.93. The molecule has 3 rings (SSSR count). The summed E-state index contributed by atoms with van der Waals surface area (Å²) in [6.45, 7) is 1.02. The molecule has 0 atom stereocenters. The van der Waals surface area contributed by atoms with Crippen LogP contribution in [0.3, 0.4) is 0 Å². The summed E-state index contributed by atoms with van der Waals surface area (Å²) >= 11 is 0. The molecule has 2 aliphatic rings. The Morgan fingerprint density at radius 2 is 2.19 bits per heavy atom. The van der Waals surface area contributed by atoms with Gasteiger partial charge in [-0.2, -0.15) is 0 Å². The first-order chi connectivity index (χ1) is 7.74. The Labute approximate surface area is 94.8 Å². The highest BCUT2D eigenvalue weighted by molar-refractivity contribution is 5.90. The molecule has 0 aromatic carbocycles. The second-order valence-electron chi connectivity index (χ2n) is 5.07. The standard InChI is InChI=1S/C12H17N3O/c13-11(16)10-7-15(6-8-2-1-3-8)12(14-10)9-4-5-9/h7-9H,1-6H2,(H2,13,16). The van der Waals surface area contributed by atoms with Crippen LogP contribution < -0.4 is 5.73 Å². The summed E-state index contributed by atoms with van der Waals surface area (Å²) in [5.41, 5.74) is 5.71. The second kappa shape index (κ2) is 3.61. The molecule has 86 valence electrons. The zero-order chi connectivity index (χ0) is 11.1. The van der Waals surface area contributed by atoms with Crippen molar-refractivity contribution in [2.24, 2.45) is 11.7 Å². The van der Waals surface area contributed by atoms with E-state index in [2.05, 4.69) is 9.55 Å². The van der Waals surface area contributed by atoms with Gasteiger partial charge in [-0.05, 0) is 31.6 Å². The van der Waals surface area contributed by atoms with E-state index in [1.54, 1.807) is 0 Å². The van der Waals surface area contributed by atoms with E-state index < -0.39 is 5.91 Å². The van der Waals surface area contributed by atoms with Crippen molar-refractivity contribution in [3.05, 3.63) is 17.7 Å². The maximum atomic E-state index is 11.1. The van der Waals surface area contributed by atoms with E-state index in [1.807, 2.05) is 6.20 Å². The van der Waals surface area contributed by atoms with Gasteiger partial charge in [0.25, 0.3) is 5.91 Å². The molecule has 2 saturated carbocycles. The van der Waals surface area contributed by atoms with Crippen molar-refractivity contribution in [3.63, 3.8) is 0 Å². The molecule has 2 N–H and O–H groups in total. The SMILES string of the molecule is NC(=O)c1cn(CC2CCC2)c(C2CC2)n1. The topological polar surface area (TPSA) is 60.9 Å². The number of nitrogens with zero attached hydrogens (tertiary/aromatic N) is 2. The number of carbonyl (C=O) groups excluding carboxylic acids is 1. The van der Waals surface area contributed by atoms with Gasteiger partial charge in [-0.3, -0.25) is 4.79 Å². The van der Waals surface area contributed by atoms with Gasteiger partial charge in [0.05, 0.1) is 0 Å². The minimum absolute atomic E-state index is 0.408. The molecule has 1 aromatic rings. The molecular formula is C12H17N3O. The third-order valence-electron chi connectivity index (χ3n) is 3.68. The lowest BCUT2D eigenvalue weighted by Gasteiger charge is -2.26. The van der Waals surface area contributed by atoms with Crippen LogP contribution in [0.4, 0.5) is 0 Å². The third kappa shape index (κ3) is 1.72. The van der Waals surface area contributed by atoms with Crippen molar-refractivity contribution in [2.45, 2.75) is 44.6 Å². The Morgan fingerprint density at radius 1 is 1.44 bits per heavy atom. The van der Waals surface area contributed by atoms with Crippen LogP contribution in [0.25, 0.3) is 0 Å². The molecule has 0 bridgehead atoms. The molecule has 1 heterocycles. The van der Waals surface area contributed by atoms with Crippen molar-refractivity contribution >= 4 is 5.91 Å². The number of aromatic nitrogens is 2. The quantitative estimate of drug-likeness (QED) is 0.837. The normalized spacial score (nSPS) is 20.8. The first kappa shape index (κ1) is 9.87. The lowest BCUT2D eigenvalue weighted by Crippen LogP contribution is -2.18. The molecule has 4 nitrogen and oxygen atoms in total. The van der Waals surface area contributed by atoms with Crippen LogP contribution in [0.15, 0.2) is 6.20 Å². The van der Waals surface area contributed by atoms with Gasteiger partial charge in [-0.1, -0.05) is 6.42 Å². The Bertz CT molecular complexity index is 416. The predicted molar refractivity (Wildman–Crippen MR) is 60.1 cm³/mol. The average molecular weight is 219 g/mol. The number of carbonyl (C=O) groups is 1. The van der Waals surface area contributed by atoms with E-state index in [1.165, 1.54) is 32.1 Å². The Balaban J connectivity index is 1.84. The highest BCUT2D eigenvalue weighted by Crippen LogP contribution is 2.40. The number of imidazole rings is 1. The summed E-state index contributed by atoms with van der Waals surface area (Å²) in [6, 6.07) is 0. The molecule has 1 amide bonds. The maximum Gasteiger partial charge on any atom is 0.268 e. The molecule has 0 aliphatic heterocycles. The van der Waals surface area contributed by atoms with E-state index in [0.717, 1.165) is 18.3 Å². The van der Waals surface area contributed by atoms with Crippen LogP contribution in [-0.2, 0) is 6.54 Å². The number of amides is 1. The van der Waals surface area contributed by atoms with Crippen LogP contribution in [0.2, 0.25) is 0 Å². The molecule has 0 spiro atoms. The highest BCUT2D eigenvalue weighted by Gasteiger charge is 2.30. The molecule has 4 heteroatoms. The fourth-order valence-corrected chi connectivity index (χ4v) is 2.32. The van der Waals surface area contributed by atoms with Crippen molar-refractivity contribution in [2.75, 3.05) is 0 Å². The number of hydrogen-bond acceptors (Lipinski definition) is 2. The van der Waals surface area contributed by atoms with Crippen LogP contribution >= 0.6 is 0 Å². The minimum Gasteiger partial charge on any atom is -0.364 e. The van der Waals surface area contributed by atoms with Crippen LogP contribution in [0.5, 0.6) is 0 Å². The van der Waals surface area contributed by atoms with Gasteiger partial charge >= 0.3 is 0 Å². The van der Waals surface area contributed by atoms with Gasteiger partial charge in [-0.15, -0.1) is 0 Å². The smallest absolute Gasteiger partial charge is 0.268 e. The van der Waals surface area contributed by atoms with Gasteiger partial charge < -0.3 is 10.3 Å². The van der Waals surface area contributed by atoms with E-state index in [-0.39, 0.29) is 0 Å². The van der Waals surface area contributed by atoms with Crippen molar-refractivity contribution < 1.29 is 4.79 Å². The molecule has 1 aromatic heterocycles. The van der Waals surface area contributed by atoms with E-state index in [4.69, 9.17) is 5.73 Å². The molecule has 0 radical (unpaired) electrons. The molecule has 0 saturated heterocycles. The monoisotopic (exact) mass is 219 g/mol. The summed E-state index contributed by atoms with van der Waals surface area (Å²) in [7, 11) is 0. The Hall–Kier alpha value is -1.32. The highest BCUT2D eigenvalue weighted by atomic mass is 16.1. The van der Waals surface area contributed by atoms with Crippen LogP contribution in [-0.4, -0.2) is 15.5 Å². The molecule has 0 unspecified atom stereocenters. The molecular weight excluding hydrogens is 202 g/mol. The zero-order valence-corrected chi connectivity index (χ0v) is 9.35. The fourth-order valence-electron chi connectivity index (χ4n) is 2.32. The number of hydrogen-bond donors (Lipinski definition) is 1. The third-order valence-corrected chi connectivity index (χ3v) is 3.68. The summed E-state index contributed by atoms with van der Waals surface area (Å²) < 4.78 is 2.17. The predicted octanol–water partition coefficient (Wildman–Crippen LogP) is 1.66. The van der Waals surface area contributed by atoms with E-state index >= 15 is 0 Å². The molecule has 2 aliphatic carbocycles. The molecule has 2 fully saturated rings. The number of nitrogens with two attached hydrogens (primary N) is 1. The first-order valence-electron chi connectivity index (χ1n) is 6.11. The van der Waals surface area contributed by atoms with E-state index in [9.17, 15) is 4.79 Å². The van der Waals surface area contributed by atoms with Crippen molar-refractivity contribution in [3.8, 4) is 0 Å². The van der Waals surface area contributed by atoms with Gasteiger partial charge in [0.2, 0.25) is 0 Å². The van der Waals surface area contributed by atoms with Gasteiger partial charge in [0, 0.05) is 18.7 Å². The Kier molecular flexibility index (Phi) is 2.23. The zero-order valence-electron chi connectivity index (χ0n) is 9.35. The largest absolute Gasteiger partial charge is 0.364 e. The fraction of sp³-hybridized carbons (Fsp3) is 0.667. The maximum absolute atomic E-state index is 11.1. The minimum atomic E-state index is -0.408. The van der Waals surface area contributed by atoms with Gasteiger partial charge in [0.15, 0.2) is 0 Å². The lowest BCUT2D eigenvalue weighted by atomic mass is 9.85. The van der Waals surface area contributed by atoms with Gasteiger partial charge in [-0.25, -0.2) is 4.98 Å². The molecule has 16 heavy (non-hydrogen) atoms. The second-order valence-corrected chi connectivity index (χ2v) is 5.07. The van der Waals surface area contributed by atoms with Crippen LogP contribution in [0.1, 0.15) is 54.3 Å². The summed E-state index contributed by atoms with van der Waals surface area (Å²) in [4.78, 5) is 15.5. The summed E-state index contributed by atoms with van der Waals surface area (Å²) in [5.74, 6) is 2.04. The first-order valence-corrected chi connectivity index (χ1v) is 6.11. The van der Waals surface area contributed by atoms with Crippen LogP contribution in [0, 0.1) is 5.92 Å². The number of rotatable bonds is 4. The van der Waals surface area contributed by atoms with Crippen molar-refractivity contribution in [1.82, 2.24) is 9.55 Å². The Morgan fingerprint density at radius 3 is 2.69 bits per heavy atom. The summed E-state index contributed by atoms with van der Waals surface area (Å²) in [5, 5.41) is 0. The lowest BCUT2D eigenvalue weighted by molar-refractivity contribution is 0.0996. The summed E-state index contributed by atoms with van der Waals surface area (Å²) in [6.07, 6.45) is 8.23.